The van der Waals surface area contributed by atoms with Gasteiger partial charge in [-0.3, -0.25) is 9.59 Å². The second-order valence-electron chi connectivity index (χ2n) is 6.20. The van der Waals surface area contributed by atoms with Crippen molar-refractivity contribution in [2.45, 2.75) is 20.5 Å². The third-order valence-corrected chi connectivity index (χ3v) is 4.23. The number of hydrazone groups is 1. The Kier molecular flexibility index (Phi) is 5.60. The first-order valence-corrected chi connectivity index (χ1v) is 8.64. The molecule has 0 bridgehead atoms. The SMILES string of the molecule is CC1=NN(c2ccc(OC(F)F)cc2)C(=O)C1C(=O)Nc1cc(C)cc(Cl)c1. The summed E-state index contributed by atoms with van der Waals surface area (Å²) in [6.07, 6.45) is 0. The molecule has 1 unspecified atom stereocenters. The van der Waals surface area contributed by atoms with Gasteiger partial charge in [-0.25, -0.2) is 0 Å². The molecule has 0 saturated heterocycles. The molecular formula is C19H16ClF2N3O3. The Morgan fingerprint density at radius 2 is 1.89 bits per heavy atom. The summed E-state index contributed by atoms with van der Waals surface area (Å²) in [5.41, 5.74) is 1.98. The Balaban J connectivity index is 1.75. The van der Waals surface area contributed by atoms with E-state index in [0.29, 0.717) is 22.1 Å². The van der Waals surface area contributed by atoms with Crippen LogP contribution in [0.4, 0.5) is 20.2 Å². The predicted octanol–water partition coefficient (Wildman–Crippen LogP) is 4.23. The Labute approximate surface area is 164 Å². The molecule has 1 N–H and O–H groups in total. The first-order valence-electron chi connectivity index (χ1n) is 8.26. The summed E-state index contributed by atoms with van der Waals surface area (Å²) >= 11 is 5.99. The number of amides is 2. The second kappa shape index (κ2) is 7.93. The van der Waals surface area contributed by atoms with Crippen LogP contribution in [0.5, 0.6) is 5.75 Å². The summed E-state index contributed by atoms with van der Waals surface area (Å²) in [7, 11) is 0. The molecule has 6 nitrogen and oxygen atoms in total. The lowest BCUT2D eigenvalue weighted by Crippen LogP contribution is -2.36. The second-order valence-corrected chi connectivity index (χ2v) is 6.64. The summed E-state index contributed by atoms with van der Waals surface area (Å²) in [6.45, 7) is 0.459. The lowest BCUT2D eigenvalue weighted by Gasteiger charge is -2.15. The van der Waals surface area contributed by atoms with Gasteiger partial charge < -0.3 is 10.1 Å². The molecule has 146 valence electrons. The number of anilines is 2. The quantitative estimate of drug-likeness (QED) is 0.754. The molecule has 0 saturated carbocycles. The minimum Gasteiger partial charge on any atom is -0.435 e. The number of rotatable bonds is 5. The van der Waals surface area contributed by atoms with Crippen molar-refractivity contribution in [3.05, 3.63) is 53.1 Å². The first kappa shape index (κ1) is 19.8. The van der Waals surface area contributed by atoms with Gasteiger partial charge in [0.1, 0.15) is 5.75 Å². The zero-order chi connectivity index (χ0) is 20.4. The number of carbonyl (C=O) groups is 2. The summed E-state index contributed by atoms with van der Waals surface area (Å²) in [6, 6.07) is 10.5. The van der Waals surface area contributed by atoms with Crippen LogP contribution < -0.4 is 15.1 Å². The molecule has 0 aliphatic carbocycles. The van der Waals surface area contributed by atoms with Crippen LogP contribution in [0.25, 0.3) is 0 Å². The van der Waals surface area contributed by atoms with E-state index >= 15 is 0 Å². The molecule has 0 radical (unpaired) electrons. The number of hydrogen-bond donors (Lipinski definition) is 1. The number of halogens is 3. The standard InChI is InChI=1S/C19H16ClF2N3O3/c1-10-7-12(20)9-13(8-10)23-17(26)16-11(2)24-25(18(16)27)14-3-5-15(6-4-14)28-19(21)22/h3-9,16,19H,1-2H3,(H,23,26). The number of aryl methyl sites for hydroxylation is 1. The highest BCUT2D eigenvalue weighted by Gasteiger charge is 2.39. The van der Waals surface area contributed by atoms with Crippen LogP contribution in [-0.4, -0.2) is 24.1 Å². The van der Waals surface area contributed by atoms with E-state index in [1.165, 1.54) is 24.3 Å². The third kappa shape index (κ3) is 4.28. The van der Waals surface area contributed by atoms with Crippen molar-refractivity contribution < 1.29 is 23.1 Å². The van der Waals surface area contributed by atoms with Gasteiger partial charge in [-0.05, 0) is 61.9 Å². The summed E-state index contributed by atoms with van der Waals surface area (Å²) in [5.74, 6) is -2.22. The van der Waals surface area contributed by atoms with Crippen LogP contribution in [0, 0.1) is 12.8 Å². The molecule has 0 fully saturated rings. The molecule has 2 aromatic rings. The van der Waals surface area contributed by atoms with Gasteiger partial charge in [-0.1, -0.05) is 11.6 Å². The van der Waals surface area contributed by atoms with Crippen molar-refractivity contribution in [2.24, 2.45) is 11.0 Å². The van der Waals surface area contributed by atoms with Gasteiger partial charge in [-0.2, -0.15) is 18.9 Å². The average Bonchev–Trinajstić information content (AvgIpc) is 2.88. The van der Waals surface area contributed by atoms with E-state index in [9.17, 15) is 18.4 Å². The maximum Gasteiger partial charge on any atom is 0.387 e. The van der Waals surface area contributed by atoms with Crippen molar-refractivity contribution in [3.8, 4) is 5.75 Å². The lowest BCUT2D eigenvalue weighted by atomic mass is 10.0. The van der Waals surface area contributed by atoms with Gasteiger partial charge in [0.05, 0.1) is 11.4 Å². The molecule has 2 aromatic carbocycles. The van der Waals surface area contributed by atoms with Gasteiger partial charge >= 0.3 is 6.61 Å². The van der Waals surface area contributed by atoms with Crippen molar-refractivity contribution in [3.63, 3.8) is 0 Å². The first-order chi connectivity index (χ1) is 13.2. The fraction of sp³-hybridized carbons (Fsp3) is 0.211. The van der Waals surface area contributed by atoms with E-state index in [1.807, 2.05) is 6.92 Å². The largest absolute Gasteiger partial charge is 0.435 e. The van der Waals surface area contributed by atoms with E-state index < -0.39 is 24.3 Å². The average molecular weight is 408 g/mol. The third-order valence-electron chi connectivity index (χ3n) is 4.01. The smallest absolute Gasteiger partial charge is 0.387 e. The van der Waals surface area contributed by atoms with Crippen molar-refractivity contribution in [1.82, 2.24) is 0 Å². The van der Waals surface area contributed by atoms with Crippen LogP contribution in [-0.2, 0) is 9.59 Å². The molecule has 28 heavy (non-hydrogen) atoms. The maximum atomic E-state index is 12.7. The number of carbonyl (C=O) groups excluding carboxylic acids is 2. The van der Waals surface area contributed by atoms with Gasteiger partial charge in [-0.15, -0.1) is 0 Å². The molecule has 1 atom stereocenters. The zero-order valence-electron chi connectivity index (χ0n) is 14.9. The molecule has 2 amide bonds. The molecule has 1 heterocycles. The summed E-state index contributed by atoms with van der Waals surface area (Å²) in [5, 5.41) is 8.34. The number of nitrogens with zero attached hydrogens (tertiary/aromatic N) is 2. The molecule has 0 aromatic heterocycles. The van der Waals surface area contributed by atoms with E-state index in [-0.39, 0.29) is 5.75 Å². The maximum absolute atomic E-state index is 12.7. The molecular weight excluding hydrogens is 392 g/mol. The van der Waals surface area contributed by atoms with E-state index in [4.69, 9.17) is 11.6 Å². The Morgan fingerprint density at radius 1 is 1.21 bits per heavy atom. The molecule has 0 spiro atoms. The molecule has 9 heteroatoms. The van der Waals surface area contributed by atoms with Crippen molar-refractivity contribution in [1.29, 1.82) is 0 Å². The van der Waals surface area contributed by atoms with Gasteiger partial charge in [0.15, 0.2) is 5.92 Å². The summed E-state index contributed by atoms with van der Waals surface area (Å²) in [4.78, 5) is 25.3. The normalized spacial score (nSPS) is 16.4. The van der Waals surface area contributed by atoms with Crippen LogP contribution in [0.1, 0.15) is 12.5 Å². The van der Waals surface area contributed by atoms with Crippen molar-refractivity contribution >= 4 is 40.5 Å². The van der Waals surface area contributed by atoms with E-state index in [1.54, 1.807) is 25.1 Å². The van der Waals surface area contributed by atoms with Crippen LogP contribution >= 0.6 is 11.6 Å². The molecule has 1 aliphatic heterocycles. The zero-order valence-corrected chi connectivity index (χ0v) is 15.7. The monoisotopic (exact) mass is 407 g/mol. The minimum atomic E-state index is -2.94. The highest BCUT2D eigenvalue weighted by atomic mass is 35.5. The number of nitrogens with one attached hydrogen (secondary N) is 1. The van der Waals surface area contributed by atoms with Crippen LogP contribution in [0.3, 0.4) is 0 Å². The Hall–Kier alpha value is -3.00. The van der Waals surface area contributed by atoms with E-state index in [0.717, 1.165) is 10.6 Å². The highest BCUT2D eigenvalue weighted by molar-refractivity contribution is 6.31. The number of ether oxygens (including phenoxy) is 1. The predicted molar refractivity (Wildman–Crippen MR) is 102 cm³/mol. The fourth-order valence-electron chi connectivity index (χ4n) is 2.84. The Bertz CT molecular complexity index is 928. The van der Waals surface area contributed by atoms with Crippen molar-refractivity contribution in [2.75, 3.05) is 10.3 Å². The van der Waals surface area contributed by atoms with Crippen LogP contribution in [0.15, 0.2) is 47.6 Å². The molecule has 3 rings (SSSR count). The van der Waals surface area contributed by atoms with Gasteiger partial charge in [0.2, 0.25) is 5.91 Å². The highest BCUT2D eigenvalue weighted by Crippen LogP contribution is 2.27. The number of alkyl halides is 2. The minimum absolute atomic E-state index is 0.0447. The van der Waals surface area contributed by atoms with E-state index in [2.05, 4.69) is 15.2 Å². The topological polar surface area (TPSA) is 71.0 Å². The summed E-state index contributed by atoms with van der Waals surface area (Å²) < 4.78 is 28.8. The van der Waals surface area contributed by atoms with Gasteiger partial charge in [0.25, 0.3) is 5.91 Å². The lowest BCUT2D eigenvalue weighted by molar-refractivity contribution is -0.127. The number of hydrogen-bond acceptors (Lipinski definition) is 4. The van der Waals surface area contributed by atoms with Gasteiger partial charge in [0, 0.05) is 10.7 Å². The number of benzene rings is 2. The fourth-order valence-corrected chi connectivity index (χ4v) is 3.13. The Morgan fingerprint density at radius 3 is 2.50 bits per heavy atom. The van der Waals surface area contributed by atoms with Crippen LogP contribution in [0.2, 0.25) is 5.02 Å². The molecule has 1 aliphatic rings.